The van der Waals surface area contributed by atoms with Crippen LogP contribution in [-0.2, 0) is 0 Å². The Balaban J connectivity index is 0. The Morgan fingerprint density at radius 3 is 1.27 bits per heavy atom. The van der Waals surface area contributed by atoms with Gasteiger partial charge < -0.3 is 30.6 Å². The molecule has 0 aliphatic carbocycles. The second kappa shape index (κ2) is 11.4. The number of hydrogen-bond donors (Lipinski definition) is 6. The zero-order valence-electron chi connectivity index (χ0n) is 8.58. The van der Waals surface area contributed by atoms with Gasteiger partial charge in [0.2, 0.25) is 0 Å². The van der Waals surface area contributed by atoms with E-state index in [1.54, 1.807) is 0 Å². The van der Waals surface area contributed by atoms with E-state index < -0.39 is 31.8 Å². The summed E-state index contributed by atoms with van der Waals surface area (Å²) in [5.41, 5.74) is -1.11. The number of hydrogen-bond acceptors (Lipinski definition) is 6. The predicted octanol–water partition coefficient (Wildman–Crippen LogP) is -1.62. The van der Waals surface area contributed by atoms with Crippen molar-refractivity contribution in [1.82, 2.24) is 0 Å². The molecule has 92 valence electrons. The Hall–Kier alpha value is -0.660. The van der Waals surface area contributed by atoms with Gasteiger partial charge in [0.25, 0.3) is 0 Å². The van der Waals surface area contributed by atoms with Crippen molar-refractivity contribution in [2.75, 3.05) is 33.0 Å². The van der Waals surface area contributed by atoms with Crippen LogP contribution in [0.4, 0.5) is 0 Å². The van der Waals surface area contributed by atoms with Gasteiger partial charge in [-0.2, -0.15) is 0 Å². The van der Waals surface area contributed by atoms with Crippen molar-refractivity contribution >= 4 is 0 Å². The molecule has 0 aromatic heterocycles. The first-order chi connectivity index (χ1) is 7.16. The standard InChI is InChI=1S/C5H12O4.C4H8O2/c6-1-5(2-7,3-8)4-9;5-3-1-2-4-6/h6-9H,1-4H2;1,3,5-6H,2,4H2/b;3-1+. The van der Waals surface area contributed by atoms with Crippen LogP contribution in [0, 0.1) is 5.41 Å². The van der Waals surface area contributed by atoms with E-state index in [-0.39, 0.29) is 6.61 Å². The zero-order valence-corrected chi connectivity index (χ0v) is 8.58. The van der Waals surface area contributed by atoms with Gasteiger partial charge in [-0.15, -0.1) is 0 Å². The van der Waals surface area contributed by atoms with Crippen LogP contribution in [0.15, 0.2) is 12.3 Å². The third kappa shape index (κ3) is 8.34. The molecule has 0 atom stereocenters. The summed E-state index contributed by atoms with van der Waals surface area (Å²) in [6.45, 7) is -1.52. The summed E-state index contributed by atoms with van der Waals surface area (Å²) in [4.78, 5) is 0. The Bertz CT molecular complexity index is 126. The van der Waals surface area contributed by atoms with Gasteiger partial charge in [0.1, 0.15) is 0 Å². The number of rotatable bonds is 6. The summed E-state index contributed by atoms with van der Waals surface area (Å²) in [6.07, 6.45) is 2.95. The van der Waals surface area contributed by atoms with Gasteiger partial charge in [0.15, 0.2) is 0 Å². The van der Waals surface area contributed by atoms with Gasteiger partial charge in [-0.05, 0) is 12.5 Å². The smallest absolute Gasteiger partial charge is 0.0752 e. The summed E-state index contributed by atoms with van der Waals surface area (Å²) in [5, 5.41) is 49.9. The van der Waals surface area contributed by atoms with Crippen molar-refractivity contribution in [2.24, 2.45) is 5.41 Å². The fraction of sp³-hybridized carbons (Fsp3) is 0.778. The Morgan fingerprint density at radius 1 is 0.800 bits per heavy atom. The van der Waals surface area contributed by atoms with Crippen molar-refractivity contribution in [2.45, 2.75) is 6.42 Å². The highest BCUT2D eigenvalue weighted by atomic mass is 16.3. The second-order valence-corrected chi connectivity index (χ2v) is 3.03. The molecule has 0 amide bonds. The Labute approximate surface area is 88.7 Å². The summed E-state index contributed by atoms with van der Waals surface area (Å²) in [6, 6.07) is 0. The van der Waals surface area contributed by atoms with Crippen molar-refractivity contribution < 1.29 is 30.6 Å². The summed E-state index contributed by atoms with van der Waals surface area (Å²) in [5.74, 6) is 0. The minimum atomic E-state index is -1.11. The highest BCUT2D eigenvalue weighted by molar-refractivity contribution is 4.74. The molecule has 0 rings (SSSR count). The van der Waals surface area contributed by atoms with Gasteiger partial charge in [-0.1, -0.05) is 0 Å². The summed E-state index contributed by atoms with van der Waals surface area (Å²) < 4.78 is 0. The Kier molecular flexibility index (Phi) is 12.8. The molecule has 0 aromatic carbocycles. The van der Waals surface area contributed by atoms with Crippen molar-refractivity contribution in [1.29, 1.82) is 0 Å². The topological polar surface area (TPSA) is 121 Å². The quantitative estimate of drug-likeness (QED) is 0.302. The van der Waals surface area contributed by atoms with Crippen molar-refractivity contribution in [3.05, 3.63) is 12.3 Å². The van der Waals surface area contributed by atoms with E-state index in [0.29, 0.717) is 6.42 Å². The van der Waals surface area contributed by atoms with Gasteiger partial charge in [-0.25, -0.2) is 0 Å². The van der Waals surface area contributed by atoms with Gasteiger partial charge in [0, 0.05) is 6.61 Å². The molecule has 0 unspecified atom stereocenters. The fourth-order valence-electron chi connectivity index (χ4n) is 0.449. The van der Waals surface area contributed by atoms with E-state index in [4.69, 9.17) is 30.6 Å². The molecule has 0 spiro atoms. The van der Waals surface area contributed by atoms with Gasteiger partial charge in [0.05, 0.1) is 38.1 Å². The van der Waals surface area contributed by atoms with E-state index in [0.717, 1.165) is 6.26 Å². The van der Waals surface area contributed by atoms with E-state index >= 15 is 0 Å². The molecule has 0 saturated heterocycles. The maximum Gasteiger partial charge on any atom is 0.0752 e. The summed E-state index contributed by atoms with van der Waals surface area (Å²) in [7, 11) is 0. The zero-order chi connectivity index (χ0) is 12.2. The van der Waals surface area contributed by atoms with Crippen LogP contribution in [-0.4, -0.2) is 63.7 Å². The predicted molar refractivity (Wildman–Crippen MR) is 54.2 cm³/mol. The maximum absolute atomic E-state index is 8.50. The molecule has 0 saturated carbocycles. The molecule has 0 aliphatic rings. The molecule has 6 heteroatoms. The minimum Gasteiger partial charge on any atom is -0.516 e. The van der Waals surface area contributed by atoms with Crippen LogP contribution in [0.3, 0.4) is 0 Å². The number of aliphatic hydroxyl groups is 6. The van der Waals surface area contributed by atoms with Crippen LogP contribution < -0.4 is 0 Å². The van der Waals surface area contributed by atoms with Gasteiger partial charge >= 0.3 is 0 Å². The molecule has 6 N–H and O–H groups in total. The molecule has 0 aliphatic heterocycles. The molecule has 15 heavy (non-hydrogen) atoms. The lowest BCUT2D eigenvalue weighted by Gasteiger charge is -2.23. The van der Waals surface area contributed by atoms with E-state index in [1.165, 1.54) is 6.08 Å². The Morgan fingerprint density at radius 2 is 1.20 bits per heavy atom. The second-order valence-electron chi connectivity index (χ2n) is 3.03. The first-order valence-electron chi connectivity index (χ1n) is 4.50. The number of aliphatic hydroxyl groups excluding tert-OH is 6. The monoisotopic (exact) mass is 224 g/mol. The lowest BCUT2D eigenvalue weighted by molar-refractivity contribution is -0.0328. The molecule has 0 bridgehead atoms. The third-order valence-corrected chi connectivity index (χ3v) is 1.74. The highest BCUT2D eigenvalue weighted by Gasteiger charge is 2.26. The minimum absolute atomic E-state index is 0.108. The normalized spacial score (nSPS) is 11.3. The first-order valence-corrected chi connectivity index (χ1v) is 4.50. The first kappa shape index (κ1) is 16.8. The van der Waals surface area contributed by atoms with Crippen LogP contribution >= 0.6 is 0 Å². The average Bonchev–Trinajstić information content (AvgIpc) is 2.31. The van der Waals surface area contributed by atoms with Crippen LogP contribution in [0.1, 0.15) is 6.42 Å². The van der Waals surface area contributed by atoms with Crippen molar-refractivity contribution in [3.8, 4) is 0 Å². The van der Waals surface area contributed by atoms with Crippen LogP contribution in [0.25, 0.3) is 0 Å². The van der Waals surface area contributed by atoms with Crippen LogP contribution in [0.5, 0.6) is 0 Å². The molecule has 0 radical (unpaired) electrons. The van der Waals surface area contributed by atoms with Crippen LogP contribution in [0.2, 0.25) is 0 Å². The van der Waals surface area contributed by atoms with E-state index in [1.807, 2.05) is 0 Å². The molecular weight excluding hydrogens is 204 g/mol. The van der Waals surface area contributed by atoms with Crippen molar-refractivity contribution in [3.63, 3.8) is 0 Å². The molecule has 0 fully saturated rings. The SMILES string of the molecule is O/C=C/CCO.OCC(CO)(CO)CO. The lowest BCUT2D eigenvalue weighted by atomic mass is 9.93. The molecule has 6 nitrogen and oxygen atoms in total. The fourth-order valence-corrected chi connectivity index (χ4v) is 0.449. The summed E-state index contributed by atoms with van der Waals surface area (Å²) >= 11 is 0. The van der Waals surface area contributed by atoms with E-state index in [2.05, 4.69) is 0 Å². The van der Waals surface area contributed by atoms with E-state index in [9.17, 15) is 0 Å². The molecule has 0 aromatic rings. The highest BCUT2D eigenvalue weighted by Crippen LogP contribution is 2.11. The molecule has 0 heterocycles. The average molecular weight is 224 g/mol. The van der Waals surface area contributed by atoms with Gasteiger partial charge in [-0.3, -0.25) is 0 Å². The third-order valence-electron chi connectivity index (χ3n) is 1.74. The largest absolute Gasteiger partial charge is 0.516 e. The maximum atomic E-state index is 8.50. The lowest BCUT2D eigenvalue weighted by Crippen LogP contribution is -2.37. The molecular formula is C9H20O6.